The lowest BCUT2D eigenvalue weighted by Crippen LogP contribution is -2.44. The number of carboxylic acids is 1. The van der Waals surface area contributed by atoms with Gasteiger partial charge in [-0.1, -0.05) is 6.07 Å². The minimum absolute atomic E-state index is 0.0274. The fourth-order valence-corrected chi connectivity index (χ4v) is 1.76. The third-order valence-corrected chi connectivity index (χ3v) is 2.95. The van der Waals surface area contributed by atoms with Gasteiger partial charge in [-0.15, -0.1) is 0 Å². The van der Waals surface area contributed by atoms with Gasteiger partial charge in [0.15, 0.2) is 6.10 Å². The minimum atomic E-state index is -1.18. The number of carbonyl (C=O) groups is 3. The summed E-state index contributed by atoms with van der Waals surface area (Å²) in [5, 5.41) is 13.3. The van der Waals surface area contributed by atoms with E-state index in [4.69, 9.17) is 9.84 Å². The van der Waals surface area contributed by atoms with E-state index in [2.05, 4.69) is 21.2 Å². The number of carbonyl (C=O) groups excluding carboxylic acids is 2. The summed E-state index contributed by atoms with van der Waals surface area (Å²) in [4.78, 5) is 33.8. The molecule has 0 aliphatic carbocycles. The number of hydrogen-bond acceptors (Lipinski definition) is 4. The quantitative estimate of drug-likeness (QED) is 0.765. The van der Waals surface area contributed by atoms with Crippen LogP contribution in [0, 0.1) is 0 Å². The maximum absolute atomic E-state index is 11.6. The van der Waals surface area contributed by atoms with E-state index in [1.807, 2.05) is 5.32 Å². The van der Waals surface area contributed by atoms with Gasteiger partial charge in [-0.25, -0.2) is 9.59 Å². The van der Waals surface area contributed by atoms with Crippen molar-refractivity contribution in [2.75, 3.05) is 7.05 Å². The van der Waals surface area contributed by atoms with E-state index in [-0.39, 0.29) is 11.3 Å². The van der Waals surface area contributed by atoms with Crippen molar-refractivity contribution in [3.05, 3.63) is 28.2 Å². The third kappa shape index (κ3) is 3.95. The molecule has 20 heavy (non-hydrogen) atoms. The Labute approximate surface area is 123 Å². The van der Waals surface area contributed by atoms with Crippen molar-refractivity contribution in [3.8, 4) is 5.75 Å². The fraction of sp³-hybridized carbons (Fsp3) is 0.250. The Bertz CT molecular complexity index is 547. The molecule has 0 spiro atoms. The van der Waals surface area contributed by atoms with Crippen molar-refractivity contribution in [2.24, 2.45) is 0 Å². The van der Waals surface area contributed by atoms with E-state index in [0.717, 1.165) is 0 Å². The van der Waals surface area contributed by atoms with Crippen LogP contribution in [0.4, 0.5) is 4.79 Å². The largest absolute Gasteiger partial charge is 0.479 e. The van der Waals surface area contributed by atoms with Gasteiger partial charge in [0.25, 0.3) is 5.91 Å². The van der Waals surface area contributed by atoms with Crippen LogP contribution in [0.1, 0.15) is 17.3 Å². The number of carboxylic acid groups (broad SMARTS) is 1. The molecule has 3 amide bonds. The smallest absolute Gasteiger partial charge is 0.339 e. The number of nitrogens with one attached hydrogen (secondary N) is 2. The molecule has 0 saturated heterocycles. The molecule has 0 saturated carbocycles. The predicted octanol–water partition coefficient (Wildman–Crippen LogP) is 1.37. The Morgan fingerprint density at radius 1 is 1.35 bits per heavy atom. The zero-order valence-corrected chi connectivity index (χ0v) is 12.4. The van der Waals surface area contributed by atoms with Crippen molar-refractivity contribution in [1.82, 2.24) is 10.6 Å². The van der Waals surface area contributed by atoms with Gasteiger partial charge < -0.3 is 15.2 Å². The topological polar surface area (TPSA) is 105 Å². The van der Waals surface area contributed by atoms with Crippen LogP contribution >= 0.6 is 15.9 Å². The maximum atomic E-state index is 11.6. The molecule has 0 heterocycles. The minimum Gasteiger partial charge on any atom is -0.479 e. The molecule has 3 N–H and O–H groups in total. The highest BCUT2D eigenvalue weighted by Crippen LogP contribution is 2.30. The highest BCUT2D eigenvalue weighted by Gasteiger charge is 2.21. The average Bonchev–Trinajstić information content (AvgIpc) is 2.40. The van der Waals surface area contributed by atoms with Gasteiger partial charge in [-0.3, -0.25) is 10.1 Å². The molecule has 0 aromatic heterocycles. The summed E-state index contributed by atoms with van der Waals surface area (Å²) < 4.78 is 5.72. The second kappa shape index (κ2) is 6.90. The lowest BCUT2D eigenvalue weighted by molar-refractivity contribution is -0.126. The van der Waals surface area contributed by atoms with Crippen molar-refractivity contribution in [3.63, 3.8) is 0 Å². The van der Waals surface area contributed by atoms with Crippen molar-refractivity contribution < 1.29 is 24.2 Å². The molecule has 1 atom stereocenters. The Hall–Kier alpha value is -2.09. The van der Waals surface area contributed by atoms with Crippen LogP contribution in [0.2, 0.25) is 0 Å². The molecule has 8 heteroatoms. The number of hydrogen-bond donors (Lipinski definition) is 3. The van der Waals surface area contributed by atoms with Crippen LogP contribution in [0.5, 0.6) is 5.75 Å². The fourth-order valence-electron chi connectivity index (χ4n) is 1.30. The number of rotatable bonds is 4. The number of imide groups is 1. The number of para-hydroxylation sites is 1. The second-order valence-corrected chi connectivity index (χ2v) is 4.60. The third-order valence-electron chi connectivity index (χ3n) is 2.33. The van der Waals surface area contributed by atoms with E-state index >= 15 is 0 Å². The molecule has 1 aromatic carbocycles. The molecular weight excluding hydrogens is 332 g/mol. The van der Waals surface area contributed by atoms with Gasteiger partial charge in [0.05, 0.1) is 4.47 Å². The number of amides is 3. The van der Waals surface area contributed by atoms with Crippen molar-refractivity contribution in [2.45, 2.75) is 13.0 Å². The predicted molar refractivity (Wildman–Crippen MR) is 73.8 cm³/mol. The van der Waals surface area contributed by atoms with Crippen LogP contribution in [-0.2, 0) is 4.79 Å². The van der Waals surface area contributed by atoms with Crippen LogP contribution in [0.25, 0.3) is 0 Å². The van der Waals surface area contributed by atoms with Crippen molar-refractivity contribution in [1.29, 1.82) is 0 Å². The Morgan fingerprint density at radius 3 is 2.55 bits per heavy atom. The molecule has 0 aliphatic heterocycles. The summed E-state index contributed by atoms with van der Waals surface area (Å²) in [6.45, 7) is 1.41. The van der Waals surface area contributed by atoms with Crippen LogP contribution in [0.15, 0.2) is 22.7 Å². The van der Waals surface area contributed by atoms with E-state index in [1.54, 1.807) is 6.07 Å². The first kappa shape index (κ1) is 16.0. The molecule has 1 unspecified atom stereocenters. The monoisotopic (exact) mass is 344 g/mol. The highest BCUT2D eigenvalue weighted by atomic mass is 79.9. The summed E-state index contributed by atoms with van der Waals surface area (Å²) in [6, 6.07) is 3.81. The number of ether oxygens (including phenoxy) is 1. The first-order valence-electron chi connectivity index (χ1n) is 5.57. The molecule has 0 bridgehead atoms. The molecule has 7 nitrogen and oxygen atoms in total. The lowest BCUT2D eigenvalue weighted by Gasteiger charge is -2.16. The normalized spacial score (nSPS) is 11.3. The van der Waals surface area contributed by atoms with Gasteiger partial charge in [0.2, 0.25) is 0 Å². The maximum Gasteiger partial charge on any atom is 0.339 e. The van der Waals surface area contributed by atoms with Gasteiger partial charge in [-0.2, -0.15) is 0 Å². The molecule has 0 aliphatic rings. The first-order valence-corrected chi connectivity index (χ1v) is 6.37. The first-order chi connectivity index (χ1) is 9.36. The van der Waals surface area contributed by atoms with Gasteiger partial charge in [0.1, 0.15) is 11.3 Å². The van der Waals surface area contributed by atoms with E-state index in [1.165, 1.54) is 26.1 Å². The summed E-state index contributed by atoms with van der Waals surface area (Å²) in [5.41, 5.74) is -0.0843. The van der Waals surface area contributed by atoms with Crippen LogP contribution in [0.3, 0.4) is 0 Å². The van der Waals surface area contributed by atoms with E-state index in [9.17, 15) is 14.4 Å². The van der Waals surface area contributed by atoms with Gasteiger partial charge >= 0.3 is 12.0 Å². The zero-order valence-electron chi connectivity index (χ0n) is 10.8. The highest BCUT2D eigenvalue weighted by molar-refractivity contribution is 9.10. The summed E-state index contributed by atoms with van der Waals surface area (Å²) in [6.07, 6.45) is -1.04. The van der Waals surface area contributed by atoms with Gasteiger partial charge in [-0.05, 0) is 35.0 Å². The number of aromatic carboxylic acids is 1. The molecule has 108 valence electrons. The standard InChI is InChI=1S/C12H13BrN2O5/c1-6(10(16)15-12(19)14-2)20-9-7(11(17)18)4-3-5-8(9)13/h3-6H,1-2H3,(H,17,18)(H2,14,15,16,19). The molecule has 1 rings (SSSR count). The Kier molecular flexibility index (Phi) is 5.51. The van der Waals surface area contributed by atoms with Crippen LogP contribution in [-0.4, -0.2) is 36.2 Å². The Balaban J connectivity index is 2.90. The average molecular weight is 345 g/mol. The lowest BCUT2D eigenvalue weighted by atomic mass is 10.2. The molecule has 0 fully saturated rings. The second-order valence-electron chi connectivity index (χ2n) is 3.75. The summed E-state index contributed by atoms with van der Waals surface area (Å²) in [5.74, 6) is -1.84. The molecular formula is C12H13BrN2O5. The van der Waals surface area contributed by atoms with Gasteiger partial charge in [0, 0.05) is 7.05 Å². The van der Waals surface area contributed by atoms with Crippen molar-refractivity contribution >= 4 is 33.8 Å². The summed E-state index contributed by atoms with van der Waals surface area (Å²) in [7, 11) is 1.37. The number of halogens is 1. The molecule has 0 radical (unpaired) electrons. The zero-order chi connectivity index (χ0) is 15.3. The van der Waals surface area contributed by atoms with E-state index in [0.29, 0.717) is 4.47 Å². The molecule has 1 aromatic rings. The summed E-state index contributed by atoms with van der Waals surface area (Å²) >= 11 is 3.16. The van der Waals surface area contributed by atoms with Crippen LogP contribution < -0.4 is 15.4 Å². The SMILES string of the molecule is CNC(=O)NC(=O)C(C)Oc1c(Br)cccc1C(=O)O. The van der Waals surface area contributed by atoms with E-state index < -0.39 is 24.0 Å². The Morgan fingerprint density at radius 2 is 2.00 bits per heavy atom. The number of urea groups is 1. The number of benzene rings is 1.